The lowest BCUT2D eigenvalue weighted by Crippen LogP contribution is -2.11. The average Bonchev–Trinajstić information content (AvgIpc) is 3.34. The molecule has 1 aliphatic carbocycles. The monoisotopic (exact) mass is 354 g/mol. The van der Waals surface area contributed by atoms with Gasteiger partial charge in [0.15, 0.2) is 11.5 Å². The second-order valence-corrected chi connectivity index (χ2v) is 6.32. The second kappa shape index (κ2) is 7.15. The number of methoxy groups -OCH3 is 1. The highest BCUT2D eigenvalue weighted by atomic mass is 19.1. The van der Waals surface area contributed by atoms with E-state index in [4.69, 9.17) is 14.0 Å². The zero-order valence-electron chi connectivity index (χ0n) is 14.4. The van der Waals surface area contributed by atoms with Crippen LogP contribution in [0.5, 0.6) is 11.5 Å². The molecule has 134 valence electrons. The highest BCUT2D eigenvalue weighted by Crippen LogP contribution is 2.35. The maximum Gasteiger partial charge on any atom is 0.258 e. The summed E-state index contributed by atoms with van der Waals surface area (Å²) in [6.45, 7) is 0. The van der Waals surface area contributed by atoms with Gasteiger partial charge in [0.1, 0.15) is 5.82 Å². The summed E-state index contributed by atoms with van der Waals surface area (Å²) >= 11 is 0. The zero-order valence-corrected chi connectivity index (χ0v) is 14.4. The smallest absolute Gasteiger partial charge is 0.258 e. The Bertz CT molecular complexity index is 904. The van der Waals surface area contributed by atoms with E-state index in [2.05, 4.69) is 10.1 Å². The molecular weight excluding hydrogens is 335 g/mol. The molecule has 0 atom stereocenters. The molecule has 1 heterocycles. The van der Waals surface area contributed by atoms with Crippen molar-refractivity contribution in [2.75, 3.05) is 7.11 Å². The van der Waals surface area contributed by atoms with Crippen LogP contribution in [0.4, 0.5) is 4.39 Å². The van der Waals surface area contributed by atoms with Crippen LogP contribution in [0, 0.1) is 5.82 Å². The number of halogens is 1. The van der Waals surface area contributed by atoms with Gasteiger partial charge in [0, 0.05) is 11.1 Å². The van der Waals surface area contributed by atoms with Gasteiger partial charge in [-0.2, -0.15) is 4.98 Å². The Morgan fingerprint density at radius 2 is 1.88 bits per heavy atom. The largest absolute Gasteiger partial charge is 0.493 e. The minimum atomic E-state index is -0.350. The van der Waals surface area contributed by atoms with Crippen molar-refractivity contribution in [3.05, 3.63) is 48.3 Å². The second-order valence-electron chi connectivity index (χ2n) is 6.32. The predicted molar refractivity (Wildman–Crippen MR) is 94.6 cm³/mol. The summed E-state index contributed by atoms with van der Waals surface area (Å²) < 4.78 is 30.2. The number of nitrogens with zero attached hydrogens (tertiary/aromatic N) is 2. The molecule has 3 aromatic rings. The van der Waals surface area contributed by atoms with Gasteiger partial charge >= 0.3 is 0 Å². The molecule has 4 rings (SSSR count). The summed E-state index contributed by atoms with van der Waals surface area (Å²) in [6, 6.07) is 11.6. The van der Waals surface area contributed by atoms with Gasteiger partial charge in [0.2, 0.25) is 5.82 Å². The van der Waals surface area contributed by atoms with Crippen LogP contribution >= 0.6 is 0 Å². The summed E-state index contributed by atoms with van der Waals surface area (Å²) in [5, 5.41) is 4.00. The lowest BCUT2D eigenvalue weighted by Gasteiger charge is -2.16. The first-order valence-electron chi connectivity index (χ1n) is 8.67. The van der Waals surface area contributed by atoms with E-state index in [1.54, 1.807) is 19.2 Å². The summed E-state index contributed by atoms with van der Waals surface area (Å²) in [7, 11) is 1.61. The van der Waals surface area contributed by atoms with E-state index in [0.717, 1.165) is 24.2 Å². The SMILES string of the molecule is COc1cc(-c2noc(-c3cccc(F)c3)n2)ccc1OC1CCCC1. The molecule has 1 saturated carbocycles. The first kappa shape index (κ1) is 16.6. The van der Waals surface area contributed by atoms with Crippen LogP contribution < -0.4 is 9.47 Å². The number of hydrogen-bond donors (Lipinski definition) is 0. The van der Waals surface area contributed by atoms with E-state index >= 15 is 0 Å². The third-order valence-corrected chi connectivity index (χ3v) is 4.52. The summed E-state index contributed by atoms with van der Waals surface area (Å²) in [5.41, 5.74) is 1.28. The van der Waals surface area contributed by atoms with Crippen LogP contribution in [-0.4, -0.2) is 23.4 Å². The minimum Gasteiger partial charge on any atom is -0.493 e. The molecule has 26 heavy (non-hydrogen) atoms. The minimum absolute atomic E-state index is 0.250. The van der Waals surface area contributed by atoms with Crippen molar-refractivity contribution in [2.24, 2.45) is 0 Å². The lowest BCUT2D eigenvalue weighted by atomic mass is 10.2. The Kier molecular flexibility index (Phi) is 4.56. The van der Waals surface area contributed by atoms with Gasteiger partial charge < -0.3 is 14.0 Å². The van der Waals surface area contributed by atoms with Gasteiger partial charge in [0.25, 0.3) is 5.89 Å². The van der Waals surface area contributed by atoms with Crippen molar-refractivity contribution in [1.29, 1.82) is 0 Å². The Hall–Kier alpha value is -2.89. The van der Waals surface area contributed by atoms with Crippen molar-refractivity contribution >= 4 is 0 Å². The molecule has 1 fully saturated rings. The molecule has 1 aromatic heterocycles. The predicted octanol–water partition coefficient (Wildman–Crippen LogP) is 4.87. The quantitative estimate of drug-likeness (QED) is 0.654. The van der Waals surface area contributed by atoms with E-state index in [1.165, 1.54) is 25.0 Å². The zero-order chi connectivity index (χ0) is 17.9. The lowest BCUT2D eigenvalue weighted by molar-refractivity contribution is 0.201. The Labute approximate surface area is 150 Å². The van der Waals surface area contributed by atoms with Crippen LogP contribution in [0.2, 0.25) is 0 Å². The van der Waals surface area contributed by atoms with Crippen LogP contribution in [0.1, 0.15) is 25.7 Å². The third kappa shape index (κ3) is 3.40. The third-order valence-electron chi connectivity index (χ3n) is 4.52. The highest BCUT2D eigenvalue weighted by molar-refractivity contribution is 5.63. The molecule has 0 spiro atoms. The van der Waals surface area contributed by atoms with Crippen molar-refractivity contribution in [1.82, 2.24) is 10.1 Å². The molecule has 1 aliphatic rings. The Morgan fingerprint density at radius 1 is 1.04 bits per heavy atom. The fourth-order valence-corrected chi connectivity index (χ4v) is 3.17. The molecule has 2 aromatic carbocycles. The molecule has 0 saturated heterocycles. The van der Waals surface area contributed by atoms with Gasteiger partial charge in [0.05, 0.1) is 13.2 Å². The summed E-state index contributed by atoms with van der Waals surface area (Å²) in [4.78, 5) is 4.36. The van der Waals surface area contributed by atoms with Gasteiger partial charge in [-0.25, -0.2) is 4.39 Å². The Morgan fingerprint density at radius 3 is 2.65 bits per heavy atom. The first-order chi connectivity index (χ1) is 12.7. The molecule has 0 bridgehead atoms. The van der Waals surface area contributed by atoms with Crippen molar-refractivity contribution in [2.45, 2.75) is 31.8 Å². The van der Waals surface area contributed by atoms with Gasteiger partial charge in [-0.15, -0.1) is 0 Å². The van der Waals surface area contributed by atoms with Crippen molar-refractivity contribution in [3.8, 4) is 34.3 Å². The van der Waals surface area contributed by atoms with E-state index in [0.29, 0.717) is 17.1 Å². The first-order valence-corrected chi connectivity index (χ1v) is 8.67. The molecular formula is C20H19FN2O3. The van der Waals surface area contributed by atoms with Crippen molar-refractivity contribution < 1.29 is 18.4 Å². The molecule has 0 radical (unpaired) electrons. The fourth-order valence-electron chi connectivity index (χ4n) is 3.17. The Balaban J connectivity index is 1.59. The molecule has 0 unspecified atom stereocenters. The molecule has 5 nitrogen and oxygen atoms in total. The van der Waals surface area contributed by atoms with E-state index in [9.17, 15) is 4.39 Å². The number of ether oxygens (including phenoxy) is 2. The average molecular weight is 354 g/mol. The van der Waals surface area contributed by atoms with Crippen LogP contribution in [0.15, 0.2) is 47.0 Å². The van der Waals surface area contributed by atoms with Gasteiger partial charge in [-0.3, -0.25) is 0 Å². The van der Waals surface area contributed by atoms with E-state index in [1.807, 2.05) is 18.2 Å². The maximum absolute atomic E-state index is 13.4. The highest BCUT2D eigenvalue weighted by Gasteiger charge is 2.19. The molecule has 0 aliphatic heterocycles. The molecule has 0 amide bonds. The number of benzene rings is 2. The van der Waals surface area contributed by atoms with E-state index in [-0.39, 0.29) is 17.8 Å². The van der Waals surface area contributed by atoms with Gasteiger partial charge in [-0.05, 0) is 62.1 Å². The molecule has 0 N–H and O–H groups in total. The van der Waals surface area contributed by atoms with Crippen LogP contribution in [0.25, 0.3) is 22.8 Å². The number of rotatable bonds is 5. The van der Waals surface area contributed by atoms with Crippen molar-refractivity contribution in [3.63, 3.8) is 0 Å². The topological polar surface area (TPSA) is 57.4 Å². The summed E-state index contributed by atoms with van der Waals surface area (Å²) in [6.07, 6.45) is 4.81. The standard InChI is InChI=1S/C20H19FN2O3/c1-24-18-12-13(9-10-17(18)25-16-7-2-3-8-16)19-22-20(26-23-19)14-5-4-6-15(21)11-14/h4-6,9-12,16H,2-3,7-8H2,1H3. The van der Waals surface area contributed by atoms with Gasteiger partial charge in [-0.1, -0.05) is 11.2 Å². The molecule has 6 heteroatoms. The summed E-state index contributed by atoms with van der Waals surface area (Å²) in [5.74, 6) is 1.68. The van der Waals surface area contributed by atoms with E-state index < -0.39 is 0 Å². The number of hydrogen-bond acceptors (Lipinski definition) is 5. The normalized spacial score (nSPS) is 14.5. The fraction of sp³-hybridized carbons (Fsp3) is 0.300. The maximum atomic E-state index is 13.4. The van der Waals surface area contributed by atoms with Crippen LogP contribution in [-0.2, 0) is 0 Å². The van der Waals surface area contributed by atoms with Crippen LogP contribution in [0.3, 0.4) is 0 Å². The number of aromatic nitrogens is 2.